The van der Waals surface area contributed by atoms with Crippen LogP contribution in [0.4, 0.5) is 0 Å². The van der Waals surface area contributed by atoms with Gasteiger partial charge in [0.25, 0.3) is 5.91 Å². The summed E-state index contributed by atoms with van der Waals surface area (Å²) < 4.78 is 1.72. The van der Waals surface area contributed by atoms with Gasteiger partial charge in [0.2, 0.25) is 0 Å². The van der Waals surface area contributed by atoms with E-state index >= 15 is 0 Å². The van der Waals surface area contributed by atoms with E-state index in [1.54, 1.807) is 24.7 Å². The second kappa shape index (κ2) is 6.62. The molecule has 1 amide bonds. The average Bonchev–Trinajstić information content (AvgIpc) is 3.14. The lowest BCUT2D eigenvalue weighted by Crippen LogP contribution is -2.52. The first-order valence-electron chi connectivity index (χ1n) is 8.00. The lowest BCUT2D eigenvalue weighted by atomic mass is 10.1. The molecule has 1 aliphatic rings. The molecule has 8 heteroatoms. The molecule has 1 saturated heterocycles. The maximum atomic E-state index is 12.6. The predicted molar refractivity (Wildman–Crippen MR) is 93.0 cm³/mol. The molecule has 3 rings (SSSR count). The molecule has 0 unspecified atom stereocenters. The van der Waals surface area contributed by atoms with E-state index in [1.165, 1.54) is 11.3 Å². The summed E-state index contributed by atoms with van der Waals surface area (Å²) in [4.78, 5) is 21.1. The van der Waals surface area contributed by atoms with Gasteiger partial charge >= 0.3 is 0 Å². The lowest BCUT2D eigenvalue weighted by Gasteiger charge is -2.37. The quantitative estimate of drug-likeness (QED) is 0.894. The smallest absolute Gasteiger partial charge is 0.273 e. The van der Waals surface area contributed by atoms with Crippen LogP contribution in [0.2, 0.25) is 0 Å². The Morgan fingerprint density at radius 3 is 2.62 bits per heavy atom. The third kappa shape index (κ3) is 4.00. The van der Waals surface area contributed by atoms with Crippen molar-refractivity contribution >= 4 is 17.2 Å². The highest BCUT2D eigenvalue weighted by atomic mass is 32.1. The van der Waals surface area contributed by atoms with Crippen LogP contribution < -0.4 is 0 Å². The molecule has 24 heavy (non-hydrogen) atoms. The van der Waals surface area contributed by atoms with Crippen LogP contribution in [0.1, 0.15) is 24.3 Å². The molecule has 1 N–H and O–H groups in total. The normalized spacial score (nSPS) is 16.6. The molecule has 0 saturated carbocycles. The summed E-state index contributed by atoms with van der Waals surface area (Å²) in [5, 5.41) is 16.7. The van der Waals surface area contributed by atoms with Crippen molar-refractivity contribution in [2.45, 2.75) is 19.4 Å². The molecule has 2 aromatic heterocycles. The minimum atomic E-state index is -0.709. The van der Waals surface area contributed by atoms with E-state index in [0.717, 1.165) is 23.7 Å². The first-order chi connectivity index (χ1) is 11.3. The number of piperazine rings is 1. The van der Waals surface area contributed by atoms with E-state index < -0.39 is 5.60 Å². The number of carbonyl (C=O) groups excluding carboxylic acids is 1. The van der Waals surface area contributed by atoms with Gasteiger partial charge in [-0.1, -0.05) is 0 Å². The van der Waals surface area contributed by atoms with E-state index in [1.807, 2.05) is 23.5 Å². The first-order valence-corrected chi connectivity index (χ1v) is 8.88. The molecular weight excluding hydrogens is 326 g/mol. The number of carbonyl (C=O) groups is 1. The number of aromatic nitrogens is 3. The number of rotatable bonds is 4. The number of thiazole rings is 1. The van der Waals surface area contributed by atoms with Gasteiger partial charge < -0.3 is 10.0 Å². The second-order valence-corrected chi connectivity index (χ2v) is 7.68. The minimum absolute atomic E-state index is 0.0238. The van der Waals surface area contributed by atoms with Crippen molar-refractivity contribution in [2.24, 2.45) is 7.05 Å². The van der Waals surface area contributed by atoms with Crippen LogP contribution in [-0.2, 0) is 7.05 Å². The number of hydrogen-bond acceptors (Lipinski definition) is 6. The first kappa shape index (κ1) is 17.1. The maximum absolute atomic E-state index is 12.6. The van der Waals surface area contributed by atoms with Gasteiger partial charge in [-0.15, -0.1) is 11.3 Å². The summed E-state index contributed by atoms with van der Waals surface area (Å²) in [6, 6.07) is 0. The van der Waals surface area contributed by atoms with Gasteiger partial charge in [-0.05, 0) is 13.8 Å². The van der Waals surface area contributed by atoms with Gasteiger partial charge in [0.1, 0.15) is 10.7 Å². The summed E-state index contributed by atoms with van der Waals surface area (Å²) in [6.07, 6.45) is 3.64. The van der Waals surface area contributed by atoms with Crippen LogP contribution >= 0.6 is 11.3 Å². The predicted octanol–water partition coefficient (Wildman–Crippen LogP) is 1.07. The van der Waals surface area contributed by atoms with E-state index in [4.69, 9.17) is 0 Å². The lowest BCUT2D eigenvalue weighted by molar-refractivity contribution is 0.0177. The third-order valence-electron chi connectivity index (χ3n) is 3.95. The number of hydrogen-bond donors (Lipinski definition) is 1. The molecule has 1 fully saturated rings. The summed E-state index contributed by atoms with van der Waals surface area (Å²) in [5.74, 6) is -0.0238. The number of nitrogens with zero attached hydrogens (tertiary/aromatic N) is 5. The van der Waals surface area contributed by atoms with Crippen molar-refractivity contribution in [3.63, 3.8) is 0 Å². The zero-order valence-corrected chi connectivity index (χ0v) is 15.1. The van der Waals surface area contributed by atoms with Crippen molar-refractivity contribution in [2.75, 3.05) is 32.7 Å². The molecule has 0 atom stereocenters. The third-order valence-corrected chi connectivity index (χ3v) is 4.84. The molecule has 1 aliphatic heterocycles. The monoisotopic (exact) mass is 349 g/mol. The van der Waals surface area contributed by atoms with Gasteiger partial charge in [0, 0.05) is 56.9 Å². The van der Waals surface area contributed by atoms with Crippen molar-refractivity contribution in [1.29, 1.82) is 0 Å². The largest absolute Gasteiger partial charge is 0.389 e. The molecular formula is C16H23N5O2S. The molecule has 0 aromatic carbocycles. The zero-order chi connectivity index (χ0) is 17.3. The Hall–Kier alpha value is -1.77. The molecule has 0 spiro atoms. The van der Waals surface area contributed by atoms with E-state index in [9.17, 15) is 9.90 Å². The topological polar surface area (TPSA) is 74.5 Å². The highest BCUT2D eigenvalue weighted by Crippen LogP contribution is 2.24. The van der Waals surface area contributed by atoms with Crippen LogP contribution in [0.5, 0.6) is 0 Å². The van der Waals surface area contributed by atoms with Gasteiger partial charge in [-0.3, -0.25) is 14.4 Å². The van der Waals surface area contributed by atoms with Crippen molar-refractivity contribution < 1.29 is 9.90 Å². The number of aryl methyl sites for hydroxylation is 1. The van der Waals surface area contributed by atoms with Crippen molar-refractivity contribution in [1.82, 2.24) is 24.6 Å². The zero-order valence-electron chi connectivity index (χ0n) is 14.3. The summed E-state index contributed by atoms with van der Waals surface area (Å²) in [7, 11) is 1.86. The number of β-amino-alcohol motifs (C(OH)–C–C–N with tert-alkyl or cyclic N) is 1. The minimum Gasteiger partial charge on any atom is -0.389 e. The van der Waals surface area contributed by atoms with Gasteiger partial charge in [-0.25, -0.2) is 4.98 Å². The molecule has 0 aliphatic carbocycles. The molecule has 130 valence electrons. The maximum Gasteiger partial charge on any atom is 0.273 e. The molecule has 7 nitrogen and oxygen atoms in total. The van der Waals surface area contributed by atoms with Crippen molar-refractivity contribution in [3.8, 4) is 10.6 Å². The second-order valence-electron chi connectivity index (χ2n) is 6.82. The Morgan fingerprint density at radius 2 is 2.04 bits per heavy atom. The van der Waals surface area contributed by atoms with Crippen LogP contribution in [0, 0.1) is 0 Å². The standard InChI is InChI=1S/C16H23N5O2S/c1-16(2,23)11-20-4-6-21(7-5-20)15(22)13-10-24-14(18-13)12-8-17-19(3)9-12/h8-10,23H,4-7,11H2,1-3H3. The highest BCUT2D eigenvalue weighted by Gasteiger charge is 2.26. The highest BCUT2D eigenvalue weighted by molar-refractivity contribution is 7.13. The number of amides is 1. The Morgan fingerprint density at radius 1 is 1.33 bits per heavy atom. The SMILES string of the molecule is Cn1cc(-c2nc(C(=O)N3CCN(CC(C)(C)O)CC3)cs2)cn1. The fraction of sp³-hybridized carbons (Fsp3) is 0.562. The summed E-state index contributed by atoms with van der Waals surface area (Å²) >= 11 is 1.46. The Kier molecular flexibility index (Phi) is 4.71. The fourth-order valence-electron chi connectivity index (χ4n) is 2.85. The van der Waals surface area contributed by atoms with Crippen LogP contribution in [0.25, 0.3) is 10.6 Å². The Labute approximate surface area is 145 Å². The molecule has 3 heterocycles. The van der Waals surface area contributed by atoms with E-state index in [2.05, 4.69) is 15.0 Å². The van der Waals surface area contributed by atoms with E-state index in [-0.39, 0.29) is 5.91 Å². The Balaban J connectivity index is 1.61. The van der Waals surface area contributed by atoms with Crippen LogP contribution in [0.3, 0.4) is 0 Å². The van der Waals surface area contributed by atoms with E-state index in [0.29, 0.717) is 25.3 Å². The van der Waals surface area contributed by atoms with Gasteiger partial charge in [0.15, 0.2) is 0 Å². The van der Waals surface area contributed by atoms with Gasteiger partial charge in [-0.2, -0.15) is 5.10 Å². The average molecular weight is 349 g/mol. The molecule has 0 bridgehead atoms. The van der Waals surface area contributed by atoms with Crippen molar-refractivity contribution in [3.05, 3.63) is 23.5 Å². The van der Waals surface area contributed by atoms with Crippen LogP contribution in [0.15, 0.2) is 17.8 Å². The Bertz CT molecular complexity index is 710. The summed E-state index contributed by atoms with van der Waals surface area (Å²) in [6.45, 7) is 7.10. The van der Waals surface area contributed by atoms with Crippen LogP contribution in [-0.4, -0.2) is 73.9 Å². The molecule has 2 aromatic rings. The van der Waals surface area contributed by atoms with Gasteiger partial charge in [0.05, 0.1) is 11.8 Å². The molecule has 0 radical (unpaired) electrons. The fourth-order valence-corrected chi connectivity index (χ4v) is 3.62. The summed E-state index contributed by atoms with van der Waals surface area (Å²) in [5.41, 5.74) is 0.714. The number of aliphatic hydroxyl groups is 1.